The van der Waals surface area contributed by atoms with Gasteiger partial charge in [0.1, 0.15) is 11.5 Å². The molecule has 2 aromatic carbocycles. The van der Waals surface area contributed by atoms with Crippen molar-refractivity contribution in [1.29, 1.82) is 0 Å². The number of methoxy groups -OCH3 is 1. The summed E-state index contributed by atoms with van der Waals surface area (Å²) >= 11 is 0. The van der Waals surface area contributed by atoms with Crippen molar-refractivity contribution in [2.45, 2.75) is 32.6 Å². The lowest BCUT2D eigenvalue weighted by Gasteiger charge is -2.24. The Morgan fingerprint density at radius 3 is 2.72 bits per heavy atom. The Kier molecular flexibility index (Phi) is 4.39. The standard InChI is InChI=1S/C22H25NO2/c1-3-11-25-21-13-16-5-4-6-19(16)20-12-17(14-23-22(20)21)15-7-9-18(24-2)10-8-15/h7-10,12-13,23H,3-6,11,14H2,1-2H3. The van der Waals surface area contributed by atoms with Crippen molar-refractivity contribution in [2.24, 2.45) is 0 Å². The smallest absolute Gasteiger partial charge is 0.143 e. The van der Waals surface area contributed by atoms with Crippen LogP contribution in [-0.4, -0.2) is 20.3 Å². The molecule has 1 aliphatic heterocycles. The largest absolute Gasteiger partial charge is 0.497 e. The van der Waals surface area contributed by atoms with Crippen molar-refractivity contribution < 1.29 is 9.47 Å². The van der Waals surface area contributed by atoms with Gasteiger partial charge in [-0.3, -0.25) is 0 Å². The second-order valence-electron chi connectivity index (χ2n) is 6.75. The van der Waals surface area contributed by atoms with Crippen LogP contribution in [0.3, 0.4) is 0 Å². The van der Waals surface area contributed by atoms with E-state index in [1.54, 1.807) is 7.11 Å². The minimum absolute atomic E-state index is 0.766. The van der Waals surface area contributed by atoms with Gasteiger partial charge in [-0.1, -0.05) is 19.1 Å². The molecule has 0 fully saturated rings. The highest BCUT2D eigenvalue weighted by molar-refractivity contribution is 5.94. The summed E-state index contributed by atoms with van der Waals surface area (Å²) in [6, 6.07) is 10.6. The van der Waals surface area contributed by atoms with Crippen LogP contribution >= 0.6 is 0 Å². The first-order valence-corrected chi connectivity index (χ1v) is 9.20. The number of rotatable bonds is 5. The van der Waals surface area contributed by atoms with E-state index in [0.717, 1.165) is 37.5 Å². The molecule has 0 aromatic heterocycles. The number of anilines is 1. The van der Waals surface area contributed by atoms with E-state index in [2.05, 4.69) is 36.5 Å². The molecule has 3 nitrogen and oxygen atoms in total. The summed E-state index contributed by atoms with van der Waals surface area (Å²) in [5, 5.41) is 3.62. The predicted molar refractivity (Wildman–Crippen MR) is 104 cm³/mol. The highest BCUT2D eigenvalue weighted by Crippen LogP contribution is 2.42. The third kappa shape index (κ3) is 2.99. The first-order valence-electron chi connectivity index (χ1n) is 9.20. The summed E-state index contributed by atoms with van der Waals surface area (Å²) in [5.74, 6) is 1.91. The van der Waals surface area contributed by atoms with E-state index >= 15 is 0 Å². The quantitative estimate of drug-likeness (QED) is 0.839. The fraction of sp³-hybridized carbons (Fsp3) is 0.364. The van der Waals surface area contributed by atoms with Crippen molar-refractivity contribution in [3.05, 3.63) is 52.6 Å². The van der Waals surface area contributed by atoms with E-state index in [-0.39, 0.29) is 0 Å². The number of aryl methyl sites for hydroxylation is 1. The summed E-state index contributed by atoms with van der Waals surface area (Å²) in [6.45, 7) is 3.73. The number of hydrogen-bond acceptors (Lipinski definition) is 3. The summed E-state index contributed by atoms with van der Waals surface area (Å²) in [6.07, 6.45) is 6.96. The van der Waals surface area contributed by atoms with Crippen molar-refractivity contribution in [3.8, 4) is 11.5 Å². The van der Waals surface area contributed by atoms with Crippen LogP contribution in [0.25, 0.3) is 11.6 Å². The first kappa shape index (κ1) is 16.1. The van der Waals surface area contributed by atoms with Gasteiger partial charge in [0.15, 0.2) is 0 Å². The molecule has 0 saturated heterocycles. The fourth-order valence-electron chi connectivity index (χ4n) is 3.81. The second-order valence-corrected chi connectivity index (χ2v) is 6.75. The lowest BCUT2D eigenvalue weighted by Crippen LogP contribution is -2.13. The second kappa shape index (κ2) is 6.83. The SMILES string of the molecule is CCCOc1cc2c(c3c1NCC(c1ccc(OC)cc1)=C3)CCC2. The number of hydrogen-bond donors (Lipinski definition) is 1. The molecule has 0 radical (unpaired) electrons. The van der Waals surface area contributed by atoms with Gasteiger partial charge in [0.2, 0.25) is 0 Å². The van der Waals surface area contributed by atoms with Gasteiger partial charge in [0.25, 0.3) is 0 Å². The van der Waals surface area contributed by atoms with Gasteiger partial charge in [-0.05, 0) is 72.2 Å². The highest BCUT2D eigenvalue weighted by atomic mass is 16.5. The van der Waals surface area contributed by atoms with Crippen LogP contribution in [0.4, 0.5) is 5.69 Å². The lowest BCUT2D eigenvalue weighted by atomic mass is 9.93. The maximum atomic E-state index is 6.04. The molecule has 0 spiro atoms. The molecule has 130 valence electrons. The van der Waals surface area contributed by atoms with Crippen molar-refractivity contribution >= 4 is 17.3 Å². The zero-order valence-electron chi connectivity index (χ0n) is 15.0. The van der Waals surface area contributed by atoms with Crippen LogP contribution < -0.4 is 14.8 Å². The molecule has 1 N–H and O–H groups in total. The molecule has 4 rings (SSSR count). The van der Waals surface area contributed by atoms with E-state index in [9.17, 15) is 0 Å². The van der Waals surface area contributed by atoms with Gasteiger partial charge in [-0.25, -0.2) is 0 Å². The first-order chi connectivity index (χ1) is 12.3. The zero-order chi connectivity index (χ0) is 17.2. The Hall–Kier alpha value is -2.42. The van der Waals surface area contributed by atoms with Gasteiger partial charge >= 0.3 is 0 Å². The zero-order valence-corrected chi connectivity index (χ0v) is 15.0. The van der Waals surface area contributed by atoms with E-state index in [1.165, 1.54) is 46.4 Å². The van der Waals surface area contributed by atoms with Crippen LogP contribution in [-0.2, 0) is 12.8 Å². The molecule has 3 heteroatoms. The van der Waals surface area contributed by atoms with E-state index < -0.39 is 0 Å². The Bertz CT molecular complexity index is 806. The Balaban J connectivity index is 1.76. The van der Waals surface area contributed by atoms with Crippen molar-refractivity contribution in [2.75, 3.05) is 25.6 Å². The van der Waals surface area contributed by atoms with Gasteiger partial charge in [0, 0.05) is 12.1 Å². The Morgan fingerprint density at radius 2 is 1.96 bits per heavy atom. The van der Waals surface area contributed by atoms with Crippen LogP contribution in [0.1, 0.15) is 42.0 Å². The van der Waals surface area contributed by atoms with Gasteiger partial charge in [-0.2, -0.15) is 0 Å². The van der Waals surface area contributed by atoms with Crippen LogP contribution in [0, 0.1) is 0 Å². The molecular formula is C22H25NO2. The molecule has 0 saturated carbocycles. The topological polar surface area (TPSA) is 30.5 Å². The summed E-state index contributed by atoms with van der Waals surface area (Å²) in [4.78, 5) is 0. The molecule has 2 aromatic rings. The number of benzene rings is 2. The average molecular weight is 335 g/mol. The van der Waals surface area contributed by atoms with E-state index in [0.29, 0.717) is 0 Å². The molecule has 0 amide bonds. The maximum Gasteiger partial charge on any atom is 0.143 e. The molecule has 25 heavy (non-hydrogen) atoms. The third-order valence-corrected chi connectivity index (χ3v) is 5.10. The van der Waals surface area contributed by atoms with Gasteiger partial charge in [-0.15, -0.1) is 0 Å². The molecule has 2 aliphatic rings. The van der Waals surface area contributed by atoms with Crippen LogP contribution in [0.15, 0.2) is 30.3 Å². The van der Waals surface area contributed by atoms with E-state index in [4.69, 9.17) is 9.47 Å². The normalized spacial score (nSPS) is 15.0. The molecule has 0 atom stereocenters. The molecule has 1 aliphatic carbocycles. The summed E-state index contributed by atoms with van der Waals surface area (Å²) in [7, 11) is 1.70. The van der Waals surface area contributed by atoms with Crippen LogP contribution in [0.5, 0.6) is 11.5 Å². The number of ether oxygens (including phenoxy) is 2. The minimum Gasteiger partial charge on any atom is -0.497 e. The molecule has 0 unspecified atom stereocenters. The van der Waals surface area contributed by atoms with E-state index in [1.807, 2.05) is 12.1 Å². The summed E-state index contributed by atoms with van der Waals surface area (Å²) in [5.41, 5.74) is 8.02. The van der Waals surface area contributed by atoms with Crippen molar-refractivity contribution in [1.82, 2.24) is 0 Å². The lowest BCUT2D eigenvalue weighted by molar-refractivity contribution is 0.318. The number of nitrogens with one attached hydrogen (secondary N) is 1. The van der Waals surface area contributed by atoms with Gasteiger partial charge < -0.3 is 14.8 Å². The monoisotopic (exact) mass is 335 g/mol. The highest BCUT2D eigenvalue weighted by Gasteiger charge is 2.24. The molecular weight excluding hydrogens is 310 g/mol. The van der Waals surface area contributed by atoms with Crippen LogP contribution in [0.2, 0.25) is 0 Å². The maximum absolute atomic E-state index is 6.04. The number of fused-ring (bicyclic) bond motifs is 3. The van der Waals surface area contributed by atoms with Gasteiger partial charge in [0.05, 0.1) is 19.4 Å². The molecule has 1 heterocycles. The molecule has 0 bridgehead atoms. The van der Waals surface area contributed by atoms with Crippen molar-refractivity contribution in [3.63, 3.8) is 0 Å². The Morgan fingerprint density at radius 1 is 1.12 bits per heavy atom. The third-order valence-electron chi connectivity index (χ3n) is 5.10. The average Bonchev–Trinajstić information content (AvgIpc) is 3.14. The predicted octanol–water partition coefficient (Wildman–Crippen LogP) is 4.94. The minimum atomic E-state index is 0.766. The fourth-order valence-corrected chi connectivity index (χ4v) is 3.81. The Labute approximate surface area is 149 Å². The summed E-state index contributed by atoms with van der Waals surface area (Å²) < 4.78 is 11.3.